The van der Waals surface area contributed by atoms with Gasteiger partial charge in [-0.1, -0.05) is 56.7 Å². The van der Waals surface area contributed by atoms with Gasteiger partial charge in [-0.25, -0.2) is 4.79 Å². The SMILES string of the molecule is Nc1ccc(CCCCCCCCCCOC(=O)/C=C/c2ccc(OC(F)(F)c3ccc(OCCCCF)cc3)cc2)c(N)c1. The normalized spacial score (nSPS) is 11.5. The number of halogens is 3. The van der Waals surface area contributed by atoms with Crippen molar-refractivity contribution in [1.29, 1.82) is 0 Å². The van der Waals surface area contributed by atoms with E-state index in [-0.39, 0.29) is 11.3 Å². The molecule has 0 unspecified atom stereocenters. The third kappa shape index (κ3) is 13.6. The Labute approximate surface area is 264 Å². The summed E-state index contributed by atoms with van der Waals surface area (Å²) in [5.41, 5.74) is 14.7. The van der Waals surface area contributed by atoms with Gasteiger partial charge in [-0.05, 0) is 97.8 Å². The number of anilines is 2. The smallest absolute Gasteiger partial charge is 0.426 e. The molecule has 0 aromatic heterocycles. The van der Waals surface area contributed by atoms with Crippen LogP contribution >= 0.6 is 0 Å². The Kier molecular flexibility index (Phi) is 15.1. The number of carbonyl (C=O) groups is 1. The van der Waals surface area contributed by atoms with Crippen LogP contribution in [-0.2, 0) is 22.1 Å². The Hall–Kier alpha value is -4.14. The van der Waals surface area contributed by atoms with Crippen molar-refractivity contribution in [3.8, 4) is 11.5 Å². The number of alkyl halides is 3. The molecule has 4 N–H and O–H groups in total. The number of nitrogens with two attached hydrogens (primary N) is 2. The number of unbranched alkanes of at least 4 members (excludes halogenated alkanes) is 8. The number of aryl methyl sites for hydroxylation is 1. The first-order valence-electron chi connectivity index (χ1n) is 15.7. The lowest BCUT2D eigenvalue weighted by atomic mass is 10.0. The van der Waals surface area contributed by atoms with E-state index < -0.39 is 18.8 Å². The van der Waals surface area contributed by atoms with Crippen molar-refractivity contribution in [3.05, 3.63) is 89.5 Å². The monoisotopic (exact) mass is 626 g/mol. The van der Waals surface area contributed by atoms with Crippen LogP contribution in [0.15, 0.2) is 72.8 Å². The largest absolute Gasteiger partial charge is 0.494 e. The van der Waals surface area contributed by atoms with Crippen LogP contribution < -0.4 is 20.9 Å². The molecule has 0 saturated carbocycles. The van der Waals surface area contributed by atoms with Crippen LogP contribution in [0.2, 0.25) is 0 Å². The maximum absolute atomic E-state index is 14.6. The molecule has 244 valence electrons. The molecule has 0 saturated heterocycles. The van der Waals surface area contributed by atoms with Gasteiger partial charge in [0.2, 0.25) is 0 Å². The zero-order valence-electron chi connectivity index (χ0n) is 25.8. The van der Waals surface area contributed by atoms with Crippen molar-refractivity contribution >= 4 is 23.4 Å². The Bertz CT molecular complexity index is 1310. The summed E-state index contributed by atoms with van der Waals surface area (Å²) in [6.45, 7) is 0.268. The molecule has 0 bridgehead atoms. The van der Waals surface area contributed by atoms with Crippen molar-refractivity contribution in [2.24, 2.45) is 0 Å². The highest BCUT2D eigenvalue weighted by Gasteiger charge is 2.34. The highest BCUT2D eigenvalue weighted by Crippen LogP contribution is 2.32. The molecule has 0 aliphatic heterocycles. The number of esters is 1. The summed E-state index contributed by atoms with van der Waals surface area (Å²) in [5, 5.41) is 0. The zero-order chi connectivity index (χ0) is 32.3. The molecule has 0 atom stereocenters. The number of ether oxygens (including phenoxy) is 3. The minimum atomic E-state index is -3.55. The second kappa shape index (κ2) is 19.3. The van der Waals surface area contributed by atoms with Gasteiger partial charge in [0.25, 0.3) is 0 Å². The van der Waals surface area contributed by atoms with Crippen LogP contribution in [0.1, 0.15) is 80.9 Å². The Balaban J connectivity index is 1.25. The van der Waals surface area contributed by atoms with Gasteiger partial charge in [-0.15, -0.1) is 0 Å². The molecular formula is C36H45F3N2O4. The lowest BCUT2D eigenvalue weighted by molar-refractivity contribution is -0.185. The molecule has 3 aromatic carbocycles. The lowest BCUT2D eigenvalue weighted by Crippen LogP contribution is -2.21. The average Bonchev–Trinajstić information content (AvgIpc) is 3.02. The molecule has 0 heterocycles. The molecule has 0 radical (unpaired) electrons. The molecular weight excluding hydrogens is 581 g/mol. The van der Waals surface area contributed by atoms with Crippen molar-refractivity contribution in [2.45, 2.75) is 76.7 Å². The highest BCUT2D eigenvalue weighted by molar-refractivity contribution is 5.87. The molecule has 9 heteroatoms. The van der Waals surface area contributed by atoms with E-state index in [0.717, 1.165) is 49.8 Å². The summed E-state index contributed by atoms with van der Waals surface area (Å²) in [6.07, 6.45) is 10.0. The topological polar surface area (TPSA) is 96.8 Å². The van der Waals surface area contributed by atoms with Crippen molar-refractivity contribution in [3.63, 3.8) is 0 Å². The predicted octanol–water partition coefficient (Wildman–Crippen LogP) is 9.03. The van der Waals surface area contributed by atoms with E-state index in [0.29, 0.717) is 43.1 Å². The van der Waals surface area contributed by atoms with Crippen LogP contribution in [0.4, 0.5) is 24.5 Å². The van der Waals surface area contributed by atoms with E-state index in [1.54, 1.807) is 18.2 Å². The standard InChI is InChI=1S/C36H45F3N2O4/c37-24-8-10-25-43-32-21-16-30(17-22-32)36(38,39)45-33-19-12-28(13-20-33)14-23-35(42)44-26-9-6-4-2-1-3-5-7-11-29-15-18-31(40)27-34(29)41/h12-23,27H,1-11,24-26,40-41H2/b23-14+. The fourth-order valence-corrected chi connectivity index (χ4v) is 4.69. The molecule has 0 aliphatic carbocycles. The molecule has 45 heavy (non-hydrogen) atoms. The van der Waals surface area contributed by atoms with Crippen molar-refractivity contribution < 1.29 is 32.2 Å². The van der Waals surface area contributed by atoms with Gasteiger partial charge in [-0.3, -0.25) is 4.39 Å². The minimum Gasteiger partial charge on any atom is -0.494 e. The van der Waals surface area contributed by atoms with Gasteiger partial charge in [-0.2, -0.15) is 8.78 Å². The molecule has 0 aliphatic rings. The average molecular weight is 627 g/mol. The van der Waals surface area contributed by atoms with Crippen LogP contribution in [-0.4, -0.2) is 25.9 Å². The summed E-state index contributed by atoms with van der Waals surface area (Å²) in [6, 6.07) is 17.0. The first-order valence-corrected chi connectivity index (χ1v) is 15.7. The Morgan fingerprint density at radius 3 is 2.02 bits per heavy atom. The van der Waals surface area contributed by atoms with Crippen LogP contribution in [0.3, 0.4) is 0 Å². The molecule has 0 fully saturated rings. The van der Waals surface area contributed by atoms with E-state index in [1.807, 2.05) is 18.2 Å². The van der Waals surface area contributed by atoms with E-state index in [1.165, 1.54) is 61.7 Å². The first-order chi connectivity index (χ1) is 21.8. The fraction of sp³-hybridized carbons (Fsp3) is 0.417. The first kappa shape index (κ1) is 35.3. The molecule has 6 nitrogen and oxygen atoms in total. The third-order valence-electron chi connectivity index (χ3n) is 7.28. The van der Waals surface area contributed by atoms with E-state index in [2.05, 4.69) is 0 Å². The lowest BCUT2D eigenvalue weighted by Gasteiger charge is -2.18. The summed E-state index contributed by atoms with van der Waals surface area (Å²) in [7, 11) is 0. The van der Waals surface area contributed by atoms with Crippen molar-refractivity contribution in [1.82, 2.24) is 0 Å². The van der Waals surface area contributed by atoms with E-state index in [4.69, 9.17) is 25.7 Å². The zero-order valence-corrected chi connectivity index (χ0v) is 25.8. The second-order valence-corrected chi connectivity index (χ2v) is 11.0. The van der Waals surface area contributed by atoms with E-state index in [9.17, 15) is 18.0 Å². The summed E-state index contributed by atoms with van der Waals surface area (Å²) < 4.78 is 57.1. The van der Waals surface area contributed by atoms with Gasteiger partial charge in [0.05, 0.1) is 25.5 Å². The Morgan fingerprint density at radius 2 is 1.36 bits per heavy atom. The van der Waals surface area contributed by atoms with Crippen molar-refractivity contribution in [2.75, 3.05) is 31.4 Å². The molecule has 3 aromatic rings. The summed E-state index contributed by atoms with van der Waals surface area (Å²) in [5.74, 6) is -0.0353. The van der Waals surface area contributed by atoms with Gasteiger partial charge >= 0.3 is 12.1 Å². The Morgan fingerprint density at radius 1 is 0.733 bits per heavy atom. The van der Waals surface area contributed by atoms with Gasteiger partial charge in [0.15, 0.2) is 0 Å². The minimum absolute atomic E-state index is 0.0189. The predicted molar refractivity (Wildman–Crippen MR) is 174 cm³/mol. The second-order valence-electron chi connectivity index (χ2n) is 11.0. The van der Waals surface area contributed by atoms with Gasteiger partial charge < -0.3 is 25.7 Å². The van der Waals surface area contributed by atoms with Crippen LogP contribution in [0.25, 0.3) is 6.08 Å². The third-order valence-corrected chi connectivity index (χ3v) is 7.28. The molecule has 0 spiro atoms. The van der Waals surface area contributed by atoms with Gasteiger partial charge in [0.1, 0.15) is 11.5 Å². The number of benzene rings is 3. The number of rotatable bonds is 21. The van der Waals surface area contributed by atoms with Gasteiger partial charge in [0, 0.05) is 17.5 Å². The number of carbonyl (C=O) groups excluding carboxylic acids is 1. The molecule has 3 rings (SSSR count). The molecule has 0 amide bonds. The maximum Gasteiger partial charge on any atom is 0.426 e. The maximum atomic E-state index is 14.6. The highest BCUT2D eigenvalue weighted by atomic mass is 19.3. The number of hydrogen-bond acceptors (Lipinski definition) is 6. The quantitative estimate of drug-likeness (QED) is 0.0530. The summed E-state index contributed by atoms with van der Waals surface area (Å²) >= 11 is 0. The number of nitrogen functional groups attached to an aromatic ring is 2. The van der Waals surface area contributed by atoms with Crippen LogP contribution in [0.5, 0.6) is 11.5 Å². The van der Waals surface area contributed by atoms with Crippen LogP contribution in [0, 0.1) is 0 Å². The fourth-order valence-electron chi connectivity index (χ4n) is 4.69. The number of hydrogen-bond donors (Lipinski definition) is 2. The van der Waals surface area contributed by atoms with E-state index >= 15 is 0 Å². The summed E-state index contributed by atoms with van der Waals surface area (Å²) in [4.78, 5) is 12.0.